The second-order valence-corrected chi connectivity index (χ2v) is 7.32. The van der Waals surface area contributed by atoms with Crippen LogP contribution in [0.4, 0.5) is 0 Å². The van der Waals surface area contributed by atoms with Gasteiger partial charge in [0.15, 0.2) is 0 Å². The lowest BCUT2D eigenvalue weighted by Crippen LogP contribution is -2.46. The van der Waals surface area contributed by atoms with Crippen LogP contribution in [-0.2, 0) is 0 Å². The molecule has 1 saturated carbocycles. The van der Waals surface area contributed by atoms with Gasteiger partial charge in [0.1, 0.15) is 0 Å². The first-order valence-corrected chi connectivity index (χ1v) is 8.63. The minimum atomic E-state index is 0.116. The zero-order valence-electron chi connectivity index (χ0n) is 13.6. The minimum Gasteiger partial charge on any atom is -0.326 e. The molecule has 0 spiro atoms. The Morgan fingerprint density at radius 1 is 1.14 bits per heavy atom. The lowest BCUT2D eigenvalue weighted by atomic mass is 9.95. The van der Waals surface area contributed by atoms with Gasteiger partial charge in [-0.3, -0.25) is 4.90 Å². The van der Waals surface area contributed by atoms with Crippen LogP contribution < -0.4 is 5.73 Å². The van der Waals surface area contributed by atoms with E-state index in [1.54, 1.807) is 0 Å². The summed E-state index contributed by atoms with van der Waals surface area (Å²) >= 11 is 6.04. The van der Waals surface area contributed by atoms with E-state index in [9.17, 15) is 0 Å². The summed E-state index contributed by atoms with van der Waals surface area (Å²) in [5, 5.41) is 0.790. The largest absolute Gasteiger partial charge is 0.326 e. The van der Waals surface area contributed by atoms with Gasteiger partial charge in [0.25, 0.3) is 0 Å². The van der Waals surface area contributed by atoms with Crippen LogP contribution >= 0.6 is 11.6 Å². The molecule has 0 amide bonds. The maximum absolute atomic E-state index is 6.38. The molecular formula is C18H29ClN2. The highest BCUT2D eigenvalue weighted by molar-refractivity contribution is 6.30. The number of hydrogen-bond acceptors (Lipinski definition) is 2. The van der Waals surface area contributed by atoms with Gasteiger partial charge in [0.2, 0.25) is 0 Å². The Hall–Kier alpha value is -0.570. The van der Waals surface area contributed by atoms with Crippen LogP contribution in [0, 0.1) is 5.92 Å². The molecule has 1 aliphatic rings. The monoisotopic (exact) mass is 308 g/mol. The van der Waals surface area contributed by atoms with Crippen LogP contribution in [0.15, 0.2) is 24.3 Å². The summed E-state index contributed by atoms with van der Waals surface area (Å²) in [5.41, 5.74) is 7.67. The van der Waals surface area contributed by atoms with Gasteiger partial charge in [-0.1, -0.05) is 50.4 Å². The molecule has 1 aliphatic carbocycles. The lowest BCUT2D eigenvalue weighted by Gasteiger charge is -2.40. The average Bonchev–Trinajstić information content (AvgIpc) is 2.93. The molecule has 2 nitrogen and oxygen atoms in total. The standard InChI is InChI=1S/C18H29ClN2/c1-13(2)12-21(17-6-4-5-7-17)18(14(3)20)15-8-10-16(19)11-9-15/h8-11,13-14,17-18H,4-7,12,20H2,1-3H3. The highest BCUT2D eigenvalue weighted by atomic mass is 35.5. The van der Waals surface area contributed by atoms with Crippen molar-refractivity contribution in [3.63, 3.8) is 0 Å². The second kappa shape index (κ2) is 7.62. The van der Waals surface area contributed by atoms with Gasteiger partial charge in [-0.05, 0) is 43.4 Å². The summed E-state index contributed by atoms with van der Waals surface area (Å²) < 4.78 is 0. The first-order chi connectivity index (χ1) is 9.99. The molecular weight excluding hydrogens is 280 g/mol. The van der Waals surface area contributed by atoms with E-state index in [4.69, 9.17) is 17.3 Å². The Morgan fingerprint density at radius 2 is 1.71 bits per heavy atom. The van der Waals surface area contributed by atoms with Crippen molar-refractivity contribution in [3.05, 3.63) is 34.9 Å². The number of nitrogens with two attached hydrogens (primary N) is 1. The Balaban J connectivity index is 2.28. The molecule has 0 aromatic heterocycles. The second-order valence-electron chi connectivity index (χ2n) is 6.88. The van der Waals surface area contributed by atoms with E-state index < -0.39 is 0 Å². The van der Waals surface area contributed by atoms with Gasteiger partial charge >= 0.3 is 0 Å². The third-order valence-corrected chi connectivity index (χ3v) is 4.69. The maximum Gasteiger partial charge on any atom is 0.0499 e. The van der Waals surface area contributed by atoms with Crippen molar-refractivity contribution in [1.82, 2.24) is 4.90 Å². The maximum atomic E-state index is 6.38. The molecule has 0 radical (unpaired) electrons. The van der Waals surface area contributed by atoms with E-state index in [1.165, 1.54) is 31.2 Å². The first-order valence-electron chi connectivity index (χ1n) is 8.26. The zero-order valence-corrected chi connectivity index (χ0v) is 14.3. The van der Waals surface area contributed by atoms with E-state index in [1.807, 2.05) is 12.1 Å². The van der Waals surface area contributed by atoms with E-state index in [0.717, 1.165) is 11.6 Å². The summed E-state index contributed by atoms with van der Waals surface area (Å²) in [6.07, 6.45) is 5.32. The fourth-order valence-corrected chi connectivity index (χ4v) is 3.73. The fourth-order valence-electron chi connectivity index (χ4n) is 3.60. The summed E-state index contributed by atoms with van der Waals surface area (Å²) in [6.45, 7) is 7.82. The highest BCUT2D eigenvalue weighted by Crippen LogP contribution is 2.33. The molecule has 0 aliphatic heterocycles. The number of halogens is 1. The predicted molar refractivity (Wildman–Crippen MR) is 91.6 cm³/mol. The summed E-state index contributed by atoms with van der Waals surface area (Å²) in [5.74, 6) is 0.652. The molecule has 1 fully saturated rings. The number of nitrogens with zero attached hydrogens (tertiary/aromatic N) is 1. The van der Waals surface area contributed by atoms with Crippen LogP contribution in [0.2, 0.25) is 5.02 Å². The van der Waals surface area contributed by atoms with Crippen LogP contribution in [0.3, 0.4) is 0 Å². The quantitative estimate of drug-likeness (QED) is 0.830. The van der Waals surface area contributed by atoms with Crippen LogP contribution in [-0.4, -0.2) is 23.5 Å². The normalized spacial score (nSPS) is 19.4. The molecule has 0 bridgehead atoms. The van der Waals surface area contributed by atoms with Crippen molar-refractivity contribution < 1.29 is 0 Å². The average molecular weight is 309 g/mol. The molecule has 1 aromatic carbocycles. The fraction of sp³-hybridized carbons (Fsp3) is 0.667. The van der Waals surface area contributed by atoms with Crippen LogP contribution in [0.25, 0.3) is 0 Å². The Labute approximate surface area is 134 Å². The molecule has 2 N–H and O–H groups in total. The number of rotatable bonds is 6. The minimum absolute atomic E-state index is 0.116. The molecule has 0 saturated heterocycles. The zero-order chi connectivity index (χ0) is 15.4. The molecule has 1 aromatic rings. The van der Waals surface area contributed by atoms with E-state index in [2.05, 4.69) is 37.8 Å². The Morgan fingerprint density at radius 3 is 2.19 bits per heavy atom. The van der Waals surface area contributed by atoms with E-state index in [0.29, 0.717) is 12.0 Å². The topological polar surface area (TPSA) is 29.3 Å². The molecule has 118 valence electrons. The van der Waals surface area contributed by atoms with Crippen molar-refractivity contribution in [1.29, 1.82) is 0 Å². The number of benzene rings is 1. The van der Waals surface area contributed by atoms with Gasteiger partial charge in [-0.25, -0.2) is 0 Å². The Kier molecular flexibility index (Phi) is 6.09. The van der Waals surface area contributed by atoms with E-state index >= 15 is 0 Å². The van der Waals surface area contributed by atoms with Gasteiger partial charge < -0.3 is 5.73 Å². The predicted octanol–water partition coefficient (Wildman–Crippen LogP) is 4.63. The third kappa shape index (κ3) is 4.45. The molecule has 2 unspecified atom stereocenters. The van der Waals surface area contributed by atoms with Crippen molar-refractivity contribution in [2.75, 3.05) is 6.54 Å². The van der Waals surface area contributed by atoms with Crippen molar-refractivity contribution in [2.24, 2.45) is 11.7 Å². The van der Waals surface area contributed by atoms with Crippen molar-refractivity contribution in [3.8, 4) is 0 Å². The first kappa shape index (κ1) is 16.8. The van der Waals surface area contributed by atoms with E-state index in [-0.39, 0.29) is 12.1 Å². The molecule has 2 rings (SSSR count). The third-order valence-electron chi connectivity index (χ3n) is 4.44. The summed E-state index contributed by atoms with van der Waals surface area (Å²) in [4.78, 5) is 2.66. The number of hydrogen-bond donors (Lipinski definition) is 1. The van der Waals surface area contributed by atoms with Gasteiger partial charge in [-0.15, -0.1) is 0 Å². The molecule has 21 heavy (non-hydrogen) atoms. The molecule has 0 heterocycles. The van der Waals surface area contributed by atoms with Gasteiger partial charge in [-0.2, -0.15) is 0 Å². The highest BCUT2D eigenvalue weighted by Gasteiger charge is 2.32. The van der Waals surface area contributed by atoms with Crippen LogP contribution in [0.5, 0.6) is 0 Å². The SMILES string of the molecule is CC(C)CN(C1CCCC1)C(c1ccc(Cl)cc1)C(C)N. The lowest BCUT2D eigenvalue weighted by molar-refractivity contribution is 0.104. The van der Waals surface area contributed by atoms with Gasteiger partial charge in [0.05, 0.1) is 0 Å². The van der Waals surface area contributed by atoms with Crippen molar-refractivity contribution in [2.45, 2.75) is 64.6 Å². The Bertz CT molecular complexity index is 421. The molecule has 3 heteroatoms. The molecule has 2 atom stereocenters. The summed E-state index contributed by atoms with van der Waals surface area (Å²) in [7, 11) is 0. The van der Waals surface area contributed by atoms with Crippen LogP contribution in [0.1, 0.15) is 58.1 Å². The van der Waals surface area contributed by atoms with Crippen molar-refractivity contribution >= 4 is 11.6 Å². The smallest absolute Gasteiger partial charge is 0.0499 e. The summed E-state index contributed by atoms with van der Waals surface area (Å²) in [6, 6.07) is 9.32. The van der Waals surface area contributed by atoms with Gasteiger partial charge in [0, 0.05) is 29.7 Å².